The van der Waals surface area contributed by atoms with Crippen LogP contribution in [0.3, 0.4) is 0 Å². The first-order chi connectivity index (χ1) is 9.33. The number of ether oxygens (including phenoxy) is 1. The summed E-state index contributed by atoms with van der Waals surface area (Å²) < 4.78 is 6.09. The first-order valence-corrected chi connectivity index (χ1v) is 7.52. The van der Waals surface area contributed by atoms with Crippen LogP contribution >= 0.6 is 0 Å². The Bertz CT molecular complexity index is 423. The van der Waals surface area contributed by atoms with E-state index in [-0.39, 0.29) is 0 Å². The van der Waals surface area contributed by atoms with Crippen molar-refractivity contribution in [2.45, 2.75) is 26.2 Å². The lowest BCUT2D eigenvalue weighted by Crippen LogP contribution is -2.43. The molecule has 3 nitrogen and oxygen atoms in total. The zero-order chi connectivity index (χ0) is 13.1. The fourth-order valence-electron chi connectivity index (χ4n) is 2.77. The van der Waals surface area contributed by atoms with E-state index >= 15 is 0 Å². The van der Waals surface area contributed by atoms with E-state index in [0.717, 1.165) is 44.5 Å². The molecule has 3 rings (SSSR count). The number of benzene rings is 1. The number of hydrogen-bond acceptors (Lipinski definition) is 3. The van der Waals surface area contributed by atoms with Crippen molar-refractivity contribution in [3.05, 3.63) is 23.8 Å². The van der Waals surface area contributed by atoms with E-state index in [2.05, 4.69) is 35.3 Å². The van der Waals surface area contributed by atoms with Crippen LogP contribution in [-0.4, -0.2) is 32.8 Å². The van der Waals surface area contributed by atoms with Gasteiger partial charge < -0.3 is 15.0 Å². The van der Waals surface area contributed by atoms with Crippen LogP contribution in [0.15, 0.2) is 18.2 Å². The van der Waals surface area contributed by atoms with E-state index in [1.54, 1.807) is 0 Å². The molecule has 1 aromatic carbocycles. The summed E-state index contributed by atoms with van der Waals surface area (Å²) in [5, 5.41) is 3.40. The van der Waals surface area contributed by atoms with E-state index < -0.39 is 0 Å². The minimum Gasteiger partial charge on any atom is -0.491 e. The van der Waals surface area contributed by atoms with Gasteiger partial charge in [-0.25, -0.2) is 0 Å². The van der Waals surface area contributed by atoms with Crippen LogP contribution in [-0.2, 0) is 0 Å². The average Bonchev–Trinajstić information content (AvgIpc) is 2.39. The van der Waals surface area contributed by atoms with Crippen molar-refractivity contribution in [1.82, 2.24) is 5.32 Å². The third-order valence-corrected chi connectivity index (χ3v) is 4.27. The van der Waals surface area contributed by atoms with Crippen LogP contribution in [0.2, 0.25) is 0 Å². The first-order valence-electron chi connectivity index (χ1n) is 7.52. The van der Waals surface area contributed by atoms with Gasteiger partial charge in [-0.1, -0.05) is 12.5 Å². The molecular weight excluding hydrogens is 236 g/mol. The summed E-state index contributed by atoms with van der Waals surface area (Å²) in [6.07, 6.45) is 4.07. The zero-order valence-corrected chi connectivity index (χ0v) is 11.8. The smallest absolute Gasteiger partial charge is 0.142 e. The maximum absolute atomic E-state index is 6.09. The fourth-order valence-corrected chi connectivity index (χ4v) is 2.77. The zero-order valence-electron chi connectivity index (χ0n) is 11.8. The van der Waals surface area contributed by atoms with Gasteiger partial charge in [-0.15, -0.1) is 0 Å². The minimum absolute atomic E-state index is 0.789. The van der Waals surface area contributed by atoms with Crippen molar-refractivity contribution in [2.75, 3.05) is 37.7 Å². The molecule has 0 aromatic heterocycles. The van der Waals surface area contributed by atoms with Crippen LogP contribution in [0.4, 0.5) is 5.69 Å². The molecule has 19 heavy (non-hydrogen) atoms. The van der Waals surface area contributed by atoms with Gasteiger partial charge in [-0.05, 0) is 43.4 Å². The van der Waals surface area contributed by atoms with Crippen molar-refractivity contribution in [1.29, 1.82) is 0 Å². The maximum atomic E-state index is 6.09. The highest BCUT2D eigenvalue weighted by Crippen LogP contribution is 2.32. The van der Waals surface area contributed by atoms with E-state index in [1.165, 1.54) is 30.5 Å². The van der Waals surface area contributed by atoms with Gasteiger partial charge >= 0.3 is 0 Å². The highest BCUT2D eigenvalue weighted by atomic mass is 16.5. The van der Waals surface area contributed by atoms with Gasteiger partial charge in [0.25, 0.3) is 0 Å². The lowest BCUT2D eigenvalue weighted by atomic mass is 9.86. The van der Waals surface area contributed by atoms with E-state index in [1.807, 2.05) is 0 Å². The highest BCUT2D eigenvalue weighted by molar-refractivity contribution is 5.60. The maximum Gasteiger partial charge on any atom is 0.142 e. The summed E-state index contributed by atoms with van der Waals surface area (Å²) in [6.45, 7) is 7.32. The topological polar surface area (TPSA) is 24.5 Å². The molecule has 1 aliphatic heterocycles. The highest BCUT2D eigenvalue weighted by Gasteiger charge is 2.20. The number of nitrogens with zero attached hydrogens (tertiary/aromatic N) is 1. The summed E-state index contributed by atoms with van der Waals surface area (Å²) in [7, 11) is 0. The summed E-state index contributed by atoms with van der Waals surface area (Å²) in [6, 6.07) is 6.56. The fraction of sp³-hybridized carbons (Fsp3) is 0.625. The number of hydrogen-bond donors (Lipinski definition) is 1. The van der Waals surface area contributed by atoms with Crippen molar-refractivity contribution >= 4 is 5.69 Å². The van der Waals surface area contributed by atoms with Gasteiger partial charge in [0.15, 0.2) is 0 Å². The molecule has 0 bridgehead atoms. The molecular formula is C16H24N2O. The molecule has 1 heterocycles. The van der Waals surface area contributed by atoms with Crippen LogP contribution in [0.5, 0.6) is 5.75 Å². The van der Waals surface area contributed by atoms with Crippen molar-refractivity contribution in [2.24, 2.45) is 5.92 Å². The summed E-state index contributed by atoms with van der Waals surface area (Å²) in [4.78, 5) is 2.44. The molecule has 104 valence electrons. The Kier molecular flexibility index (Phi) is 3.92. The van der Waals surface area contributed by atoms with Crippen LogP contribution in [0, 0.1) is 12.8 Å². The molecule has 2 fully saturated rings. The lowest BCUT2D eigenvalue weighted by Gasteiger charge is -2.32. The molecule has 0 spiro atoms. The van der Waals surface area contributed by atoms with E-state index in [9.17, 15) is 0 Å². The Balaban J connectivity index is 1.73. The van der Waals surface area contributed by atoms with Gasteiger partial charge in [0, 0.05) is 26.2 Å². The van der Waals surface area contributed by atoms with Crippen LogP contribution < -0.4 is 15.0 Å². The Morgan fingerprint density at radius 2 is 2.05 bits per heavy atom. The predicted octanol–water partition coefficient (Wildman–Crippen LogP) is 2.58. The van der Waals surface area contributed by atoms with E-state index in [4.69, 9.17) is 4.74 Å². The third-order valence-electron chi connectivity index (χ3n) is 4.27. The van der Waals surface area contributed by atoms with Crippen molar-refractivity contribution < 1.29 is 4.74 Å². The summed E-state index contributed by atoms with van der Waals surface area (Å²) >= 11 is 0. The average molecular weight is 260 g/mol. The van der Waals surface area contributed by atoms with Gasteiger partial charge in [0.2, 0.25) is 0 Å². The number of anilines is 1. The van der Waals surface area contributed by atoms with Crippen LogP contribution in [0.25, 0.3) is 0 Å². The van der Waals surface area contributed by atoms with Gasteiger partial charge in [-0.2, -0.15) is 0 Å². The van der Waals surface area contributed by atoms with Gasteiger partial charge in [-0.3, -0.25) is 0 Å². The SMILES string of the molecule is Cc1ccc(OCC2CCC2)c(N2CCNCC2)c1. The molecule has 1 N–H and O–H groups in total. The molecule has 2 aliphatic rings. The Morgan fingerprint density at radius 3 is 2.74 bits per heavy atom. The van der Waals surface area contributed by atoms with Gasteiger partial charge in [0.05, 0.1) is 12.3 Å². The Hall–Kier alpha value is -1.22. The molecule has 3 heteroatoms. The number of rotatable bonds is 4. The molecule has 0 unspecified atom stereocenters. The number of nitrogens with one attached hydrogen (secondary N) is 1. The number of piperazine rings is 1. The molecule has 1 aromatic rings. The second-order valence-corrected chi connectivity index (χ2v) is 5.82. The summed E-state index contributed by atoms with van der Waals surface area (Å²) in [5.74, 6) is 1.86. The minimum atomic E-state index is 0.789. The lowest BCUT2D eigenvalue weighted by molar-refractivity contribution is 0.181. The number of aryl methyl sites for hydroxylation is 1. The van der Waals surface area contributed by atoms with Crippen LogP contribution in [0.1, 0.15) is 24.8 Å². The molecule has 1 saturated heterocycles. The van der Waals surface area contributed by atoms with E-state index in [0.29, 0.717) is 0 Å². The van der Waals surface area contributed by atoms with Crippen molar-refractivity contribution in [3.8, 4) is 5.75 Å². The standard InChI is InChI=1S/C16H24N2O/c1-13-5-6-16(19-12-14-3-2-4-14)15(11-13)18-9-7-17-8-10-18/h5-6,11,14,17H,2-4,7-10,12H2,1H3. The van der Waals surface area contributed by atoms with Crippen molar-refractivity contribution in [3.63, 3.8) is 0 Å². The molecule has 0 amide bonds. The normalized spacial score (nSPS) is 20.2. The molecule has 0 atom stereocenters. The Labute approximate surface area is 115 Å². The molecule has 1 saturated carbocycles. The van der Waals surface area contributed by atoms with Gasteiger partial charge in [0.1, 0.15) is 5.75 Å². The third kappa shape index (κ3) is 3.03. The monoisotopic (exact) mass is 260 g/mol. The molecule has 0 radical (unpaired) electrons. The largest absolute Gasteiger partial charge is 0.491 e. The first kappa shape index (κ1) is 12.8. The second kappa shape index (κ2) is 5.83. The predicted molar refractivity (Wildman–Crippen MR) is 79.1 cm³/mol. The summed E-state index contributed by atoms with van der Waals surface area (Å²) in [5.41, 5.74) is 2.59. The quantitative estimate of drug-likeness (QED) is 0.900. The molecule has 1 aliphatic carbocycles. The Morgan fingerprint density at radius 1 is 1.26 bits per heavy atom. The second-order valence-electron chi connectivity index (χ2n) is 5.82.